The number of hydrogen-bond donors (Lipinski definition) is 4. The Labute approximate surface area is 239 Å². The van der Waals surface area contributed by atoms with Crippen molar-refractivity contribution in [2.75, 3.05) is 12.0 Å². The molecule has 6 nitrogen and oxygen atoms in total. The number of halogens is 3. The van der Waals surface area contributed by atoms with Crippen LogP contribution in [-0.4, -0.2) is 47.3 Å². The first-order chi connectivity index (χ1) is 18.5. The van der Waals surface area contributed by atoms with Crippen molar-refractivity contribution >= 4 is 40.7 Å². The Morgan fingerprint density at radius 2 is 2.03 bits per heavy atom. The van der Waals surface area contributed by atoms with E-state index >= 15 is 0 Å². The van der Waals surface area contributed by atoms with Gasteiger partial charge in [0.15, 0.2) is 0 Å². The second-order valence-electron chi connectivity index (χ2n) is 11.9. The maximum Gasteiger partial charge on any atom is 0.238 e. The smallest absolute Gasteiger partial charge is 0.238 e. The molecular formula is C30H36Cl2FN3O3. The lowest BCUT2D eigenvalue weighted by molar-refractivity contribution is -0.127. The molecule has 5 rings (SSSR count). The fourth-order valence-corrected chi connectivity index (χ4v) is 7.54. The van der Waals surface area contributed by atoms with Crippen LogP contribution in [0.4, 0.5) is 10.1 Å². The van der Waals surface area contributed by atoms with Crippen LogP contribution in [0.3, 0.4) is 0 Å². The number of aliphatic hydroxyl groups is 1. The first-order valence-corrected chi connectivity index (χ1v) is 14.5. The number of alkyl halides is 1. The maximum atomic E-state index is 14.1. The van der Waals surface area contributed by atoms with Gasteiger partial charge in [0.1, 0.15) is 12.1 Å². The monoisotopic (exact) mass is 575 g/mol. The van der Waals surface area contributed by atoms with Crippen LogP contribution in [-0.2, 0) is 15.0 Å². The van der Waals surface area contributed by atoms with Gasteiger partial charge in [-0.1, -0.05) is 73.7 Å². The first-order valence-electron chi connectivity index (χ1n) is 13.7. The van der Waals surface area contributed by atoms with Crippen molar-refractivity contribution in [1.82, 2.24) is 10.6 Å². The van der Waals surface area contributed by atoms with E-state index in [1.165, 1.54) is 6.08 Å². The molecule has 2 heterocycles. The van der Waals surface area contributed by atoms with Crippen molar-refractivity contribution < 1.29 is 19.1 Å². The van der Waals surface area contributed by atoms with Gasteiger partial charge in [-0.05, 0) is 61.4 Å². The van der Waals surface area contributed by atoms with Gasteiger partial charge in [0, 0.05) is 33.7 Å². The van der Waals surface area contributed by atoms with E-state index in [0.717, 1.165) is 37.7 Å². The summed E-state index contributed by atoms with van der Waals surface area (Å²) >= 11 is 12.2. The van der Waals surface area contributed by atoms with Crippen molar-refractivity contribution in [2.24, 2.45) is 11.8 Å². The summed E-state index contributed by atoms with van der Waals surface area (Å²) in [7, 11) is 0. The fourth-order valence-electron chi connectivity index (χ4n) is 7.29. The number of rotatable bonds is 8. The standard InChI is InChI=1S/C30H36Cl2FN3O3/c1-17(6-5-9-20(32)16-33)25-26(27(37)34-21-14-29(2,39)15-21)36-24(12-18-7-3-4-8-18)30(25)22-11-10-19(31)13-23(22)35-28(30)38/h5-6,9-11,13,18,21,24-26,36,39H,1,3-4,7-8,12,14-16H2,2H3,(H,34,37)(H,35,38)/b6-5-,20-9+/t21?,24-,25+,26-,29?,30+/m1/s1. The van der Waals surface area contributed by atoms with E-state index in [-0.39, 0.29) is 28.9 Å². The maximum absolute atomic E-state index is 14.1. The summed E-state index contributed by atoms with van der Waals surface area (Å²) in [6.07, 6.45) is 11.0. The summed E-state index contributed by atoms with van der Waals surface area (Å²) in [4.78, 5) is 28.0. The molecule has 2 aliphatic heterocycles. The van der Waals surface area contributed by atoms with Crippen LogP contribution in [0.5, 0.6) is 0 Å². The Morgan fingerprint density at radius 3 is 2.69 bits per heavy atom. The zero-order valence-electron chi connectivity index (χ0n) is 22.1. The van der Waals surface area contributed by atoms with Gasteiger partial charge in [-0.25, -0.2) is 4.39 Å². The van der Waals surface area contributed by atoms with Crippen LogP contribution >= 0.6 is 23.2 Å². The van der Waals surface area contributed by atoms with E-state index in [1.54, 1.807) is 31.2 Å². The molecular weight excluding hydrogens is 540 g/mol. The van der Waals surface area contributed by atoms with Crippen LogP contribution < -0.4 is 16.0 Å². The van der Waals surface area contributed by atoms with Gasteiger partial charge < -0.3 is 21.1 Å². The summed E-state index contributed by atoms with van der Waals surface area (Å²) < 4.78 is 12.9. The van der Waals surface area contributed by atoms with Crippen molar-refractivity contribution in [3.05, 3.63) is 64.2 Å². The zero-order valence-corrected chi connectivity index (χ0v) is 23.6. The van der Waals surface area contributed by atoms with Crippen LogP contribution in [0.25, 0.3) is 0 Å². The van der Waals surface area contributed by atoms with E-state index in [4.69, 9.17) is 23.2 Å². The molecule has 2 aliphatic carbocycles. The SMILES string of the molecule is C=C(/C=C\C=C(\Cl)CF)[C@H]1[C@H](C(=O)NC2CC(C)(O)C2)N[C@H](CC2CCCC2)[C@]12C(=O)Nc1cc(Cl)ccc12. The highest BCUT2D eigenvalue weighted by Gasteiger charge is 2.65. The molecule has 1 saturated heterocycles. The lowest BCUT2D eigenvalue weighted by Gasteiger charge is -2.42. The van der Waals surface area contributed by atoms with Gasteiger partial charge in [-0.3, -0.25) is 9.59 Å². The second kappa shape index (κ2) is 11.0. The second-order valence-corrected chi connectivity index (χ2v) is 12.8. The fraction of sp³-hybridized carbons (Fsp3) is 0.533. The summed E-state index contributed by atoms with van der Waals surface area (Å²) in [6.45, 7) is 5.29. The molecule has 0 unspecified atom stereocenters. The Morgan fingerprint density at radius 1 is 1.31 bits per heavy atom. The summed E-state index contributed by atoms with van der Waals surface area (Å²) in [6, 6.07) is 4.21. The third-order valence-corrected chi connectivity index (χ3v) is 9.43. The van der Waals surface area contributed by atoms with Crippen LogP contribution in [0.15, 0.2) is 53.6 Å². The number of fused-ring (bicyclic) bond motifs is 2. The Balaban J connectivity index is 1.57. The van der Waals surface area contributed by atoms with Gasteiger partial charge in [0.25, 0.3) is 0 Å². The molecule has 1 aromatic carbocycles. The van der Waals surface area contributed by atoms with Crippen LogP contribution in [0.2, 0.25) is 5.02 Å². The van der Waals surface area contributed by atoms with E-state index in [2.05, 4.69) is 22.5 Å². The van der Waals surface area contributed by atoms with Gasteiger partial charge in [-0.2, -0.15) is 0 Å². The van der Waals surface area contributed by atoms with Crippen LogP contribution in [0.1, 0.15) is 57.4 Å². The molecule has 210 valence electrons. The third-order valence-electron chi connectivity index (χ3n) is 8.96. The summed E-state index contributed by atoms with van der Waals surface area (Å²) in [5.41, 5.74) is 0.125. The normalized spacial score (nSPS) is 34.4. The molecule has 2 amide bonds. The number of anilines is 1. The van der Waals surface area contributed by atoms with Gasteiger partial charge >= 0.3 is 0 Å². The molecule has 2 saturated carbocycles. The van der Waals surface area contributed by atoms with Gasteiger partial charge in [0.2, 0.25) is 11.8 Å². The first kappa shape index (κ1) is 28.3. The number of carbonyl (C=O) groups is 2. The molecule has 9 heteroatoms. The molecule has 4 aliphatic rings. The number of hydrogen-bond acceptors (Lipinski definition) is 4. The highest BCUT2D eigenvalue weighted by atomic mass is 35.5. The molecule has 1 aromatic rings. The highest BCUT2D eigenvalue weighted by Crippen LogP contribution is 2.55. The zero-order chi connectivity index (χ0) is 27.9. The minimum atomic E-state index is -1.09. The third kappa shape index (κ3) is 5.31. The van der Waals surface area contributed by atoms with Crippen LogP contribution in [0, 0.1) is 11.8 Å². The van der Waals surface area contributed by atoms with E-state index in [0.29, 0.717) is 35.0 Å². The minimum Gasteiger partial charge on any atom is -0.390 e. The number of amides is 2. The summed E-state index contributed by atoms with van der Waals surface area (Å²) in [5, 5.41) is 20.5. The average Bonchev–Trinajstić information content (AvgIpc) is 3.56. The van der Waals surface area contributed by atoms with E-state index in [1.807, 2.05) is 6.07 Å². The Kier molecular flexibility index (Phi) is 7.99. The average molecular weight is 577 g/mol. The molecule has 0 aromatic heterocycles. The van der Waals surface area contributed by atoms with E-state index in [9.17, 15) is 19.1 Å². The molecule has 0 radical (unpaired) electrons. The Bertz CT molecular complexity index is 1220. The predicted octanol–water partition coefficient (Wildman–Crippen LogP) is 5.30. The van der Waals surface area contributed by atoms with Gasteiger partial charge in [0.05, 0.1) is 11.6 Å². The minimum absolute atomic E-state index is 0.0438. The molecule has 1 spiro atoms. The predicted molar refractivity (Wildman–Crippen MR) is 153 cm³/mol. The number of carbonyl (C=O) groups excluding carboxylic acids is 2. The van der Waals surface area contributed by atoms with E-state index < -0.39 is 29.7 Å². The number of benzene rings is 1. The highest BCUT2D eigenvalue weighted by molar-refractivity contribution is 6.31. The molecule has 4 atom stereocenters. The van der Waals surface area contributed by atoms with Gasteiger partial charge in [-0.15, -0.1) is 0 Å². The van der Waals surface area contributed by atoms with Crippen molar-refractivity contribution in [3.63, 3.8) is 0 Å². The van der Waals surface area contributed by atoms with Crippen molar-refractivity contribution in [3.8, 4) is 0 Å². The molecule has 3 fully saturated rings. The number of allylic oxidation sites excluding steroid dienone is 4. The molecule has 39 heavy (non-hydrogen) atoms. The topological polar surface area (TPSA) is 90.5 Å². The largest absolute Gasteiger partial charge is 0.390 e. The lowest BCUT2D eigenvalue weighted by atomic mass is 9.63. The molecule has 0 bridgehead atoms. The van der Waals surface area contributed by atoms with Crippen molar-refractivity contribution in [1.29, 1.82) is 0 Å². The quantitative estimate of drug-likeness (QED) is 0.316. The van der Waals surface area contributed by atoms with Crippen molar-refractivity contribution in [2.45, 2.75) is 81.0 Å². The Hall–Kier alpha value is -2.19. The summed E-state index contributed by atoms with van der Waals surface area (Å²) in [5.74, 6) is -0.589. The lowest BCUT2D eigenvalue weighted by Crippen LogP contribution is -2.57. The molecule has 4 N–H and O–H groups in total. The number of nitrogens with one attached hydrogen (secondary N) is 3.